The molecule has 0 aliphatic rings. The first kappa shape index (κ1) is 10.7. The summed E-state index contributed by atoms with van der Waals surface area (Å²) in [7, 11) is 1.65. The molecule has 0 saturated carbocycles. The van der Waals surface area contributed by atoms with Gasteiger partial charge >= 0.3 is 0 Å². The molecule has 0 aromatic carbocycles. The topological polar surface area (TPSA) is 82.4 Å². The molecule has 14 heavy (non-hydrogen) atoms. The number of hydrogen-bond donors (Lipinski definition) is 3. The minimum absolute atomic E-state index is 0.262. The minimum atomic E-state index is -0.824. The number of carbonyl (C=O) groups is 1. The number of aromatic nitrogens is 1. The van der Waals surface area contributed by atoms with Gasteiger partial charge in [0.1, 0.15) is 6.04 Å². The highest BCUT2D eigenvalue weighted by Crippen LogP contribution is 2.00. The van der Waals surface area contributed by atoms with Crippen LogP contribution in [0, 0.1) is 0 Å². The average molecular weight is 197 g/mol. The van der Waals surface area contributed by atoms with Crippen LogP contribution in [-0.2, 0) is 11.3 Å². The van der Waals surface area contributed by atoms with Gasteiger partial charge in [0.05, 0.1) is 13.2 Å². The zero-order valence-corrected chi connectivity index (χ0v) is 8.10. The van der Waals surface area contributed by atoms with Crippen molar-refractivity contribution in [2.45, 2.75) is 12.6 Å². The van der Waals surface area contributed by atoms with Gasteiger partial charge in [0.2, 0.25) is 5.91 Å². The Balaban J connectivity index is 2.50. The number of likely N-dealkylation sites (N-methyl/N-ethyl adjacent to an activating group) is 1. The Morgan fingerprint density at radius 3 is 3.00 bits per heavy atom. The van der Waals surface area contributed by atoms with Gasteiger partial charge in [0.25, 0.3) is 0 Å². The number of amides is 1. The van der Waals surface area contributed by atoms with Crippen LogP contribution in [-0.4, -0.2) is 40.6 Å². The lowest BCUT2D eigenvalue weighted by molar-refractivity contribution is -0.132. The van der Waals surface area contributed by atoms with Crippen molar-refractivity contribution in [1.82, 2.24) is 9.88 Å². The minimum Gasteiger partial charge on any atom is -0.394 e. The molecular weight excluding hydrogens is 182 g/mol. The van der Waals surface area contributed by atoms with E-state index in [9.17, 15) is 4.79 Å². The van der Waals surface area contributed by atoms with Crippen molar-refractivity contribution in [1.29, 1.82) is 0 Å². The number of aromatic amines is 1. The predicted molar refractivity (Wildman–Crippen MR) is 52.3 cm³/mol. The van der Waals surface area contributed by atoms with E-state index in [4.69, 9.17) is 10.8 Å². The summed E-state index contributed by atoms with van der Waals surface area (Å²) in [5.41, 5.74) is 6.33. The zero-order valence-electron chi connectivity index (χ0n) is 8.10. The van der Waals surface area contributed by atoms with Crippen LogP contribution in [0.4, 0.5) is 0 Å². The van der Waals surface area contributed by atoms with E-state index in [0.29, 0.717) is 6.54 Å². The molecule has 0 bridgehead atoms. The van der Waals surface area contributed by atoms with E-state index in [1.807, 2.05) is 12.1 Å². The van der Waals surface area contributed by atoms with Crippen molar-refractivity contribution < 1.29 is 9.90 Å². The lowest BCUT2D eigenvalue weighted by Crippen LogP contribution is -2.43. The highest BCUT2D eigenvalue weighted by atomic mass is 16.3. The molecule has 1 rings (SSSR count). The molecule has 1 unspecified atom stereocenters. The van der Waals surface area contributed by atoms with Gasteiger partial charge < -0.3 is 20.7 Å². The number of rotatable bonds is 4. The van der Waals surface area contributed by atoms with Crippen molar-refractivity contribution in [3.05, 3.63) is 24.0 Å². The fraction of sp³-hybridized carbons (Fsp3) is 0.444. The van der Waals surface area contributed by atoms with Gasteiger partial charge in [-0.2, -0.15) is 0 Å². The SMILES string of the molecule is CN(Cc1ccc[nH]1)C(=O)C(N)CO. The van der Waals surface area contributed by atoms with Crippen LogP contribution < -0.4 is 5.73 Å². The predicted octanol–water partition coefficient (Wildman–Crippen LogP) is -0.707. The van der Waals surface area contributed by atoms with E-state index in [2.05, 4.69) is 4.98 Å². The second-order valence-electron chi connectivity index (χ2n) is 3.18. The Bertz CT molecular complexity index is 284. The summed E-state index contributed by atoms with van der Waals surface area (Å²) < 4.78 is 0. The van der Waals surface area contributed by atoms with Crippen LogP contribution in [0.1, 0.15) is 5.69 Å². The molecule has 5 heteroatoms. The summed E-state index contributed by atoms with van der Waals surface area (Å²) in [6.07, 6.45) is 1.79. The molecule has 78 valence electrons. The van der Waals surface area contributed by atoms with Gasteiger partial charge in [-0.25, -0.2) is 0 Å². The van der Waals surface area contributed by atoms with Crippen LogP contribution in [0.15, 0.2) is 18.3 Å². The summed E-state index contributed by atoms with van der Waals surface area (Å²) in [6.45, 7) is 0.146. The number of nitrogens with zero attached hydrogens (tertiary/aromatic N) is 1. The summed E-state index contributed by atoms with van der Waals surface area (Å²) in [5, 5.41) is 8.70. The van der Waals surface area contributed by atoms with Crippen LogP contribution in [0.25, 0.3) is 0 Å². The molecule has 1 aromatic rings. The van der Waals surface area contributed by atoms with Crippen LogP contribution in [0.5, 0.6) is 0 Å². The first-order chi connectivity index (χ1) is 6.65. The van der Waals surface area contributed by atoms with Gasteiger partial charge in [-0.15, -0.1) is 0 Å². The van der Waals surface area contributed by atoms with E-state index >= 15 is 0 Å². The van der Waals surface area contributed by atoms with E-state index in [0.717, 1.165) is 5.69 Å². The second-order valence-corrected chi connectivity index (χ2v) is 3.18. The molecule has 1 aromatic heterocycles. The number of aliphatic hydroxyl groups excluding tert-OH is 1. The van der Waals surface area contributed by atoms with E-state index in [1.54, 1.807) is 13.2 Å². The van der Waals surface area contributed by atoms with Gasteiger partial charge in [0, 0.05) is 18.9 Å². The Morgan fingerprint density at radius 2 is 2.50 bits per heavy atom. The van der Waals surface area contributed by atoms with Crippen molar-refractivity contribution in [3.63, 3.8) is 0 Å². The van der Waals surface area contributed by atoms with Crippen molar-refractivity contribution in [2.75, 3.05) is 13.7 Å². The zero-order chi connectivity index (χ0) is 10.6. The number of nitrogens with one attached hydrogen (secondary N) is 1. The van der Waals surface area contributed by atoms with Crippen LogP contribution in [0.3, 0.4) is 0 Å². The van der Waals surface area contributed by atoms with Crippen molar-refractivity contribution in [2.24, 2.45) is 5.73 Å². The number of H-pyrrole nitrogens is 1. The molecule has 5 nitrogen and oxygen atoms in total. The van der Waals surface area contributed by atoms with E-state index in [-0.39, 0.29) is 12.5 Å². The Hall–Kier alpha value is -1.33. The summed E-state index contributed by atoms with van der Waals surface area (Å²) in [6, 6.07) is 2.92. The summed E-state index contributed by atoms with van der Waals surface area (Å²) in [4.78, 5) is 15.9. The molecule has 1 amide bonds. The summed E-state index contributed by atoms with van der Waals surface area (Å²) >= 11 is 0. The Kier molecular flexibility index (Phi) is 3.67. The van der Waals surface area contributed by atoms with Crippen LogP contribution >= 0.6 is 0 Å². The molecule has 1 heterocycles. The van der Waals surface area contributed by atoms with Gasteiger partial charge in [-0.05, 0) is 12.1 Å². The first-order valence-electron chi connectivity index (χ1n) is 4.39. The van der Waals surface area contributed by atoms with Gasteiger partial charge in [-0.1, -0.05) is 0 Å². The van der Waals surface area contributed by atoms with E-state index < -0.39 is 6.04 Å². The lowest BCUT2D eigenvalue weighted by Gasteiger charge is -2.19. The number of nitrogens with two attached hydrogens (primary N) is 1. The lowest BCUT2D eigenvalue weighted by atomic mass is 10.3. The Labute approximate surface area is 82.5 Å². The maximum atomic E-state index is 11.4. The number of hydrogen-bond acceptors (Lipinski definition) is 3. The molecule has 1 atom stereocenters. The number of aliphatic hydroxyl groups is 1. The van der Waals surface area contributed by atoms with Crippen molar-refractivity contribution in [3.8, 4) is 0 Å². The Morgan fingerprint density at radius 1 is 1.79 bits per heavy atom. The monoisotopic (exact) mass is 197 g/mol. The highest BCUT2D eigenvalue weighted by molar-refractivity contribution is 5.81. The quantitative estimate of drug-likeness (QED) is 0.596. The maximum absolute atomic E-state index is 11.4. The second kappa shape index (κ2) is 4.78. The standard InChI is InChI=1S/C9H15N3O2/c1-12(9(14)8(10)6-13)5-7-3-2-4-11-7/h2-4,8,11,13H,5-6,10H2,1H3. The third-order valence-electron chi connectivity index (χ3n) is 1.96. The normalized spacial score (nSPS) is 12.5. The maximum Gasteiger partial charge on any atom is 0.241 e. The fourth-order valence-electron chi connectivity index (χ4n) is 1.16. The molecule has 4 N–H and O–H groups in total. The first-order valence-corrected chi connectivity index (χ1v) is 4.39. The fourth-order valence-corrected chi connectivity index (χ4v) is 1.16. The van der Waals surface area contributed by atoms with Crippen molar-refractivity contribution >= 4 is 5.91 Å². The van der Waals surface area contributed by atoms with Crippen LogP contribution in [0.2, 0.25) is 0 Å². The average Bonchev–Trinajstić information content (AvgIpc) is 2.68. The van der Waals surface area contributed by atoms with E-state index in [1.165, 1.54) is 4.90 Å². The highest BCUT2D eigenvalue weighted by Gasteiger charge is 2.16. The van der Waals surface area contributed by atoms with Gasteiger partial charge in [-0.3, -0.25) is 4.79 Å². The third-order valence-corrected chi connectivity index (χ3v) is 1.96. The molecule has 0 aliphatic carbocycles. The summed E-state index contributed by atoms with van der Waals surface area (Å²) in [5.74, 6) is -0.262. The molecule has 0 saturated heterocycles. The number of carbonyl (C=O) groups excluding carboxylic acids is 1. The van der Waals surface area contributed by atoms with Gasteiger partial charge in [0.15, 0.2) is 0 Å². The third kappa shape index (κ3) is 2.58. The largest absolute Gasteiger partial charge is 0.394 e. The molecule has 0 spiro atoms. The molecule has 0 fully saturated rings. The smallest absolute Gasteiger partial charge is 0.241 e. The molecule has 0 aliphatic heterocycles. The molecule has 0 radical (unpaired) electrons. The molecular formula is C9H15N3O2.